The van der Waals surface area contributed by atoms with Crippen molar-refractivity contribution < 1.29 is 18.7 Å². The van der Waals surface area contributed by atoms with Crippen LogP contribution in [0, 0.1) is 5.82 Å². The Morgan fingerprint density at radius 3 is 2.88 bits per heavy atom. The highest BCUT2D eigenvalue weighted by Gasteiger charge is 2.51. The van der Waals surface area contributed by atoms with Gasteiger partial charge in [-0.1, -0.05) is 0 Å². The Balaban J connectivity index is 1.34. The molecule has 0 radical (unpaired) electrons. The number of carbonyl (C=O) groups is 1. The van der Waals surface area contributed by atoms with Gasteiger partial charge in [0.05, 0.1) is 19.7 Å². The molecule has 4 heterocycles. The van der Waals surface area contributed by atoms with Gasteiger partial charge < -0.3 is 19.3 Å². The maximum absolute atomic E-state index is 13.7. The molecule has 3 aliphatic heterocycles. The minimum Gasteiger partial charge on any atom is -0.472 e. The van der Waals surface area contributed by atoms with Crippen molar-refractivity contribution in [3.05, 3.63) is 24.1 Å². The average molecular weight is 335 g/mol. The summed E-state index contributed by atoms with van der Waals surface area (Å²) in [5.74, 6) is -0.402. The van der Waals surface area contributed by atoms with Gasteiger partial charge in [-0.2, -0.15) is 0 Å². The summed E-state index contributed by atoms with van der Waals surface area (Å²) in [6, 6.07) is 3.00. The Morgan fingerprint density at radius 2 is 2.12 bits per heavy atom. The predicted molar refractivity (Wildman–Crippen MR) is 84.3 cm³/mol. The lowest BCUT2D eigenvalue weighted by Crippen LogP contribution is -2.69. The summed E-state index contributed by atoms with van der Waals surface area (Å²) in [5, 5.41) is 0. The number of pyridine rings is 1. The molecule has 2 amide bonds. The van der Waals surface area contributed by atoms with Gasteiger partial charge >= 0.3 is 6.03 Å². The van der Waals surface area contributed by atoms with Crippen LogP contribution in [0.2, 0.25) is 0 Å². The maximum atomic E-state index is 13.7. The highest BCUT2D eigenvalue weighted by atomic mass is 19.1. The van der Waals surface area contributed by atoms with Gasteiger partial charge in [0.15, 0.2) is 5.82 Å². The van der Waals surface area contributed by atoms with E-state index in [0.29, 0.717) is 32.5 Å². The van der Waals surface area contributed by atoms with Gasteiger partial charge in [-0.3, -0.25) is 0 Å². The van der Waals surface area contributed by atoms with E-state index in [9.17, 15) is 9.18 Å². The third-order valence-electron chi connectivity index (χ3n) is 5.06. The molecule has 3 fully saturated rings. The second kappa shape index (κ2) is 6.20. The molecule has 0 N–H and O–H groups in total. The number of nitrogens with zero attached hydrogens (tertiary/aromatic N) is 3. The summed E-state index contributed by atoms with van der Waals surface area (Å²) in [7, 11) is 0. The molecular formula is C17H22FN3O3. The highest BCUT2D eigenvalue weighted by molar-refractivity contribution is 5.76. The van der Waals surface area contributed by atoms with E-state index in [1.165, 1.54) is 12.3 Å². The summed E-state index contributed by atoms with van der Waals surface area (Å²) >= 11 is 0. The molecule has 130 valence electrons. The maximum Gasteiger partial charge on any atom is 0.320 e. The molecule has 0 saturated carbocycles. The molecule has 0 aliphatic carbocycles. The lowest BCUT2D eigenvalue weighted by molar-refractivity contribution is -0.175. The standard InChI is InChI=1S/C17H22FN3O3/c18-14-4-3-6-19-15(14)24-13-5-9-23-17(10-13)11-21(12-17)16(22)20-7-1-2-8-20/h3-4,6,13H,1-2,5,7-12H2/t13-/m1/s1. The van der Waals surface area contributed by atoms with Crippen molar-refractivity contribution in [1.82, 2.24) is 14.8 Å². The Bertz CT molecular complexity index is 615. The first kappa shape index (κ1) is 15.6. The quantitative estimate of drug-likeness (QED) is 0.830. The number of halogens is 1. The number of urea groups is 1. The van der Waals surface area contributed by atoms with E-state index >= 15 is 0 Å². The molecule has 0 unspecified atom stereocenters. The Kier molecular flexibility index (Phi) is 4.04. The number of amides is 2. The number of aromatic nitrogens is 1. The predicted octanol–water partition coefficient (Wildman–Crippen LogP) is 2.05. The van der Waals surface area contributed by atoms with Crippen molar-refractivity contribution in [2.45, 2.75) is 37.4 Å². The summed E-state index contributed by atoms with van der Waals surface area (Å²) in [4.78, 5) is 20.1. The Hall–Kier alpha value is -1.89. The lowest BCUT2D eigenvalue weighted by atomic mass is 9.85. The monoisotopic (exact) mass is 335 g/mol. The minimum atomic E-state index is -0.447. The van der Waals surface area contributed by atoms with E-state index < -0.39 is 5.82 Å². The topological polar surface area (TPSA) is 54.9 Å². The van der Waals surface area contributed by atoms with Crippen LogP contribution in [0.4, 0.5) is 9.18 Å². The minimum absolute atomic E-state index is 0.0453. The number of ether oxygens (including phenoxy) is 2. The van der Waals surface area contributed by atoms with Crippen molar-refractivity contribution >= 4 is 6.03 Å². The Labute approximate surface area is 140 Å². The van der Waals surface area contributed by atoms with Crippen LogP contribution < -0.4 is 4.74 Å². The smallest absolute Gasteiger partial charge is 0.320 e. The van der Waals surface area contributed by atoms with Crippen LogP contribution in [0.15, 0.2) is 18.3 Å². The molecule has 0 bridgehead atoms. The van der Waals surface area contributed by atoms with Crippen LogP contribution in [0.25, 0.3) is 0 Å². The van der Waals surface area contributed by atoms with Crippen LogP contribution in [-0.2, 0) is 4.74 Å². The molecule has 4 rings (SSSR count). The summed E-state index contributed by atoms with van der Waals surface area (Å²) < 4.78 is 25.4. The van der Waals surface area contributed by atoms with Gasteiger partial charge in [-0.15, -0.1) is 0 Å². The van der Waals surface area contributed by atoms with Gasteiger partial charge in [-0.25, -0.2) is 14.2 Å². The number of hydrogen-bond donors (Lipinski definition) is 0. The first-order valence-corrected chi connectivity index (χ1v) is 8.60. The fourth-order valence-electron chi connectivity index (χ4n) is 3.81. The number of likely N-dealkylation sites (tertiary alicyclic amines) is 2. The molecule has 24 heavy (non-hydrogen) atoms. The van der Waals surface area contributed by atoms with Crippen LogP contribution >= 0.6 is 0 Å². The highest BCUT2D eigenvalue weighted by Crippen LogP contribution is 2.36. The molecule has 1 atom stereocenters. The molecule has 1 spiro atoms. The van der Waals surface area contributed by atoms with Gasteiger partial charge in [0.25, 0.3) is 5.88 Å². The van der Waals surface area contributed by atoms with Crippen LogP contribution in [0.1, 0.15) is 25.7 Å². The molecule has 6 nitrogen and oxygen atoms in total. The van der Waals surface area contributed by atoms with E-state index in [2.05, 4.69) is 4.98 Å². The zero-order valence-electron chi connectivity index (χ0n) is 13.6. The number of rotatable bonds is 2. The van der Waals surface area contributed by atoms with E-state index in [1.807, 2.05) is 9.80 Å². The number of hydrogen-bond acceptors (Lipinski definition) is 4. The van der Waals surface area contributed by atoms with Crippen LogP contribution in [0.3, 0.4) is 0 Å². The molecule has 0 aromatic carbocycles. The molecule has 3 aliphatic rings. The second-order valence-electron chi connectivity index (χ2n) is 6.89. The normalized spacial score (nSPS) is 25.6. The van der Waals surface area contributed by atoms with Gasteiger partial charge in [0.1, 0.15) is 11.7 Å². The van der Waals surface area contributed by atoms with Gasteiger partial charge in [0, 0.05) is 32.1 Å². The largest absolute Gasteiger partial charge is 0.472 e. The SMILES string of the molecule is O=C(N1CCCC1)N1CC2(C[C@H](Oc3ncccc3F)CCO2)C1. The van der Waals surface area contributed by atoms with Crippen molar-refractivity contribution in [2.75, 3.05) is 32.8 Å². The summed E-state index contributed by atoms with van der Waals surface area (Å²) in [6.45, 7) is 3.45. The van der Waals surface area contributed by atoms with Crippen LogP contribution in [0.5, 0.6) is 5.88 Å². The second-order valence-corrected chi connectivity index (χ2v) is 6.89. The van der Waals surface area contributed by atoms with Gasteiger partial charge in [-0.05, 0) is 25.0 Å². The van der Waals surface area contributed by atoms with E-state index in [4.69, 9.17) is 9.47 Å². The van der Waals surface area contributed by atoms with Crippen LogP contribution in [-0.4, -0.2) is 65.3 Å². The van der Waals surface area contributed by atoms with Gasteiger partial charge in [0.2, 0.25) is 0 Å². The zero-order valence-corrected chi connectivity index (χ0v) is 13.6. The first-order valence-electron chi connectivity index (χ1n) is 8.60. The molecule has 1 aromatic rings. The van der Waals surface area contributed by atoms with E-state index in [0.717, 1.165) is 25.9 Å². The molecule has 3 saturated heterocycles. The summed E-state index contributed by atoms with van der Waals surface area (Å²) in [6.07, 6.45) is 4.93. The Morgan fingerprint density at radius 1 is 1.33 bits per heavy atom. The molecule has 1 aromatic heterocycles. The zero-order chi connectivity index (χ0) is 16.6. The first-order chi connectivity index (χ1) is 11.7. The molecular weight excluding hydrogens is 313 g/mol. The van der Waals surface area contributed by atoms with Crippen molar-refractivity contribution in [1.29, 1.82) is 0 Å². The van der Waals surface area contributed by atoms with E-state index in [-0.39, 0.29) is 23.6 Å². The van der Waals surface area contributed by atoms with E-state index in [1.54, 1.807) is 6.07 Å². The third kappa shape index (κ3) is 2.92. The van der Waals surface area contributed by atoms with Crippen molar-refractivity contribution in [3.8, 4) is 5.88 Å². The average Bonchev–Trinajstić information content (AvgIpc) is 3.09. The third-order valence-corrected chi connectivity index (χ3v) is 5.06. The lowest BCUT2D eigenvalue weighted by Gasteiger charge is -2.53. The fraction of sp³-hybridized carbons (Fsp3) is 0.647. The number of carbonyl (C=O) groups excluding carboxylic acids is 1. The van der Waals surface area contributed by atoms with Crippen molar-refractivity contribution in [3.63, 3.8) is 0 Å². The molecule has 7 heteroatoms. The van der Waals surface area contributed by atoms with Crippen molar-refractivity contribution in [2.24, 2.45) is 0 Å². The fourth-order valence-corrected chi connectivity index (χ4v) is 3.81. The summed E-state index contributed by atoms with van der Waals surface area (Å²) in [5.41, 5.74) is -0.344.